The number of benzene rings is 1. The minimum Gasteiger partial charge on any atom is -0.272 e. The van der Waals surface area contributed by atoms with E-state index in [4.69, 9.17) is 4.84 Å². The Bertz CT molecular complexity index is 945. The van der Waals surface area contributed by atoms with Crippen molar-refractivity contribution in [3.05, 3.63) is 35.9 Å². The van der Waals surface area contributed by atoms with E-state index in [0.717, 1.165) is 0 Å². The Balaban J connectivity index is 2.02. The molecule has 0 spiro atoms. The SMILES string of the molecule is C[C@@]1(CC2(F)C(F)(F)C(F)(F)C(F)(F)C(F)(F)C2(F)F)C(=O)N(OCc2ccccc2)C[C@H]1CI. The Hall–Kier alpha value is -1.39. The first-order chi connectivity index (χ1) is 15.8. The van der Waals surface area contributed by atoms with Crippen LogP contribution in [0.3, 0.4) is 0 Å². The van der Waals surface area contributed by atoms with Crippen LogP contribution >= 0.6 is 22.6 Å². The van der Waals surface area contributed by atoms with Gasteiger partial charge in [0.1, 0.15) is 6.61 Å². The van der Waals surface area contributed by atoms with Crippen LogP contribution in [-0.2, 0) is 16.2 Å². The number of hydrogen-bond acceptors (Lipinski definition) is 2. The van der Waals surface area contributed by atoms with Gasteiger partial charge in [-0.1, -0.05) is 59.8 Å². The van der Waals surface area contributed by atoms with Crippen molar-refractivity contribution in [2.24, 2.45) is 11.3 Å². The van der Waals surface area contributed by atoms with Gasteiger partial charge in [0, 0.05) is 16.8 Å². The number of amides is 1. The van der Waals surface area contributed by atoms with Gasteiger partial charge in [-0.05, 0) is 5.56 Å². The van der Waals surface area contributed by atoms with Crippen LogP contribution in [0.15, 0.2) is 30.3 Å². The molecule has 0 aromatic heterocycles. The number of rotatable bonds is 6. The lowest BCUT2D eigenvalue weighted by atomic mass is 9.63. The molecule has 0 N–H and O–H groups in total. The van der Waals surface area contributed by atoms with Crippen LogP contribution in [0.5, 0.6) is 0 Å². The van der Waals surface area contributed by atoms with Gasteiger partial charge in [0.15, 0.2) is 0 Å². The van der Waals surface area contributed by atoms with Crippen molar-refractivity contribution in [1.82, 2.24) is 5.06 Å². The molecule has 1 heterocycles. The predicted molar refractivity (Wildman–Crippen MR) is 107 cm³/mol. The lowest BCUT2D eigenvalue weighted by Gasteiger charge is -2.54. The van der Waals surface area contributed by atoms with E-state index in [1.54, 1.807) is 52.9 Å². The number of carbonyl (C=O) groups is 1. The maximum absolute atomic E-state index is 15.4. The number of halogens is 12. The van der Waals surface area contributed by atoms with E-state index in [2.05, 4.69) is 0 Å². The highest BCUT2D eigenvalue weighted by Crippen LogP contribution is 2.71. The summed E-state index contributed by atoms with van der Waals surface area (Å²) in [5, 5.41) is 0.504. The Labute approximate surface area is 205 Å². The van der Waals surface area contributed by atoms with Crippen molar-refractivity contribution in [2.75, 3.05) is 11.0 Å². The molecule has 3 nitrogen and oxygen atoms in total. The second kappa shape index (κ2) is 8.31. The van der Waals surface area contributed by atoms with E-state index in [0.29, 0.717) is 17.6 Å². The van der Waals surface area contributed by atoms with E-state index in [-0.39, 0.29) is 11.0 Å². The van der Waals surface area contributed by atoms with Crippen LogP contribution < -0.4 is 0 Å². The second-order valence-corrected chi connectivity index (χ2v) is 9.62. The fourth-order valence-electron chi connectivity index (χ4n) is 4.24. The maximum atomic E-state index is 15.4. The topological polar surface area (TPSA) is 29.5 Å². The molecule has 1 aromatic rings. The molecule has 1 amide bonds. The normalized spacial score (nSPS) is 32.0. The zero-order valence-corrected chi connectivity index (χ0v) is 19.7. The lowest BCUT2D eigenvalue weighted by molar-refractivity contribution is -0.487. The average molecular weight is 639 g/mol. The molecule has 198 valence electrons. The van der Waals surface area contributed by atoms with Crippen LogP contribution in [0.1, 0.15) is 18.9 Å². The molecule has 3 rings (SSSR count). The monoisotopic (exact) mass is 639 g/mol. The number of hydrogen-bond donors (Lipinski definition) is 0. The van der Waals surface area contributed by atoms with E-state index < -0.39 is 65.5 Å². The van der Waals surface area contributed by atoms with Crippen LogP contribution in [-0.4, -0.2) is 57.2 Å². The molecule has 1 aliphatic carbocycles. The van der Waals surface area contributed by atoms with Crippen molar-refractivity contribution in [2.45, 2.75) is 55.2 Å². The summed E-state index contributed by atoms with van der Waals surface area (Å²) in [5.74, 6) is -38.4. The maximum Gasteiger partial charge on any atom is 0.384 e. The quantitative estimate of drug-likeness (QED) is 0.208. The van der Waals surface area contributed by atoms with Crippen molar-refractivity contribution < 1.29 is 57.9 Å². The lowest BCUT2D eigenvalue weighted by Crippen LogP contribution is -2.84. The molecule has 15 heteroatoms. The summed E-state index contributed by atoms with van der Waals surface area (Å²) in [6.45, 7) is -0.172. The molecule has 2 fully saturated rings. The fourth-order valence-corrected chi connectivity index (χ4v) is 5.49. The first-order valence-corrected chi connectivity index (χ1v) is 11.4. The molecule has 1 saturated carbocycles. The zero-order valence-electron chi connectivity index (χ0n) is 17.6. The molecule has 0 unspecified atom stereocenters. The fraction of sp³-hybridized carbons (Fsp3) is 0.650. The van der Waals surface area contributed by atoms with E-state index in [1.165, 1.54) is 0 Å². The predicted octanol–water partition coefficient (Wildman–Crippen LogP) is 6.31. The molecular formula is C20H17F11INO2. The molecule has 2 atom stereocenters. The molecule has 0 bridgehead atoms. The molecule has 2 aliphatic rings. The summed E-state index contributed by atoms with van der Waals surface area (Å²) in [5.41, 5.74) is -8.44. The number of carbonyl (C=O) groups excluding carboxylic acids is 1. The van der Waals surface area contributed by atoms with Crippen LogP contribution in [0.25, 0.3) is 0 Å². The molecule has 35 heavy (non-hydrogen) atoms. The standard InChI is InChI=1S/C20H17F11INO2/c1-14(12(7-32)8-33(13(14)34)35-9-11-5-3-2-4-6-11)10-15(21)16(22,23)18(26,27)20(30,31)19(28,29)17(15,24)25/h2-6,12H,7-10H2,1H3/t12-,14+/m1/s1. The van der Waals surface area contributed by atoms with Gasteiger partial charge < -0.3 is 0 Å². The first-order valence-electron chi connectivity index (χ1n) is 9.89. The highest BCUT2D eigenvalue weighted by molar-refractivity contribution is 14.1. The summed E-state index contributed by atoms with van der Waals surface area (Å²) in [6, 6.07) is 7.95. The minimum atomic E-state index is -7.29. The van der Waals surface area contributed by atoms with Crippen LogP contribution in [0.2, 0.25) is 0 Å². The molecule has 1 aliphatic heterocycles. The van der Waals surface area contributed by atoms with Gasteiger partial charge >= 0.3 is 29.6 Å². The third-order valence-corrected chi connectivity index (χ3v) is 7.67. The Kier molecular flexibility index (Phi) is 6.69. The van der Waals surface area contributed by atoms with Crippen molar-refractivity contribution in [1.29, 1.82) is 0 Å². The third kappa shape index (κ3) is 3.49. The first kappa shape index (κ1) is 28.2. The summed E-state index contributed by atoms with van der Waals surface area (Å²) in [7, 11) is 0. The number of alkyl halides is 12. The van der Waals surface area contributed by atoms with Crippen LogP contribution in [0, 0.1) is 11.3 Å². The number of hydroxylamine groups is 2. The Morgan fingerprint density at radius 3 is 1.77 bits per heavy atom. The average Bonchev–Trinajstić information content (AvgIpc) is 3.00. The van der Waals surface area contributed by atoms with Gasteiger partial charge in [-0.3, -0.25) is 9.63 Å². The molecule has 0 radical (unpaired) electrons. The minimum absolute atomic E-state index is 0.235. The van der Waals surface area contributed by atoms with E-state index >= 15 is 4.39 Å². The Morgan fingerprint density at radius 1 is 0.857 bits per heavy atom. The molecule has 1 aromatic carbocycles. The van der Waals surface area contributed by atoms with E-state index in [9.17, 15) is 48.7 Å². The summed E-state index contributed by atoms with van der Waals surface area (Å²) in [4.78, 5) is 18.2. The molecule has 1 saturated heterocycles. The largest absolute Gasteiger partial charge is 0.384 e. The smallest absolute Gasteiger partial charge is 0.272 e. The highest BCUT2D eigenvalue weighted by atomic mass is 127. The van der Waals surface area contributed by atoms with Gasteiger partial charge in [0.2, 0.25) is 0 Å². The van der Waals surface area contributed by atoms with Gasteiger partial charge in [-0.15, -0.1) is 0 Å². The van der Waals surface area contributed by atoms with Crippen molar-refractivity contribution in [3.63, 3.8) is 0 Å². The van der Waals surface area contributed by atoms with Crippen molar-refractivity contribution >= 4 is 28.5 Å². The Morgan fingerprint density at radius 2 is 1.31 bits per heavy atom. The van der Waals surface area contributed by atoms with E-state index in [1.807, 2.05) is 0 Å². The summed E-state index contributed by atoms with van der Waals surface area (Å²) >= 11 is 1.56. The zero-order chi connectivity index (χ0) is 26.9. The highest BCUT2D eigenvalue weighted by Gasteiger charge is 3.01. The molecular weight excluding hydrogens is 622 g/mol. The van der Waals surface area contributed by atoms with Gasteiger partial charge in [-0.25, -0.2) is 9.45 Å². The van der Waals surface area contributed by atoms with Gasteiger partial charge in [0.05, 0.1) is 12.0 Å². The number of nitrogens with zero attached hydrogens (tertiary/aromatic N) is 1. The van der Waals surface area contributed by atoms with Crippen LogP contribution in [0.4, 0.5) is 48.3 Å². The van der Waals surface area contributed by atoms with Crippen molar-refractivity contribution in [3.8, 4) is 0 Å². The summed E-state index contributed by atoms with van der Waals surface area (Å²) in [6.07, 6.45) is -2.60. The van der Waals surface area contributed by atoms with Gasteiger partial charge in [-0.2, -0.15) is 43.9 Å². The summed E-state index contributed by atoms with van der Waals surface area (Å²) < 4.78 is 155. The van der Waals surface area contributed by atoms with Gasteiger partial charge in [0.25, 0.3) is 11.6 Å². The third-order valence-electron chi connectivity index (χ3n) is 6.60. The second-order valence-electron chi connectivity index (χ2n) is 8.74.